The molecule has 4 fully saturated rings. The number of piperidine rings is 1. The SMILES string of the molecule is COC12CC(c3nc4nccc(C5CCN(C(=O)c6ccc(S(F)(F)(F)(F)F)cc6N)CC5)c4[nH]3)(C1)C2. The van der Waals surface area contributed by atoms with Crippen LogP contribution < -0.4 is 5.73 Å². The molecule has 1 amide bonds. The molecular weight excluding hydrogens is 517 g/mol. The number of anilines is 1. The first kappa shape index (κ1) is 24.4. The molecule has 3 N–H and O–H groups in total. The number of halogens is 5. The number of nitrogens with zero attached hydrogens (tertiary/aromatic N) is 3. The number of methoxy groups -OCH3 is 1. The third-order valence-corrected chi connectivity index (χ3v) is 9.41. The van der Waals surface area contributed by atoms with Crippen molar-refractivity contribution in [2.45, 2.75) is 53.9 Å². The smallest absolute Gasteiger partial charge is 0.310 e. The molecule has 3 saturated carbocycles. The number of H-pyrrole nitrogens is 1. The van der Waals surface area contributed by atoms with Gasteiger partial charge < -0.3 is 20.4 Å². The number of amides is 1. The van der Waals surface area contributed by atoms with Crippen molar-refractivity contribution in [1.29, 1.82) is 0 Å². The third-order valence-electron chi connectivity index (χ3n) is 8.26. The number of pyridine rings is 1. The van der Waals surface area contributed by atoms with Gasteiger partial charge in [0.05, 0.1) is 16.7 Å². The number of carbonyl (C=O) groups is 1. The van der Waals surface area contributed by atoms with E-state index in [2.05, 4.69) is 9.97 Å². The lowest BCUT2D eigenvalue weighted by molar-refractivity contribution is -0.234. The van der Waals surface area contributed by atoms with E-state index in [0.717, 1.165) is 42.2 Å². The number of benzene rings is 1. The molecule has 0 radical (unpaired) electrons. The fourth-order valence-corrected chi connectivity index (χ4v) is 6.90. The van der Waals surface area contributed by atoms with Gasteiger partial charge in [-0.1, -0.05) is 19.4 Å². The van der Waals surface area contributed by atoms with Crippen molar-refractivity contribution in [2.75, 3.05) is 25.9 Å². The molecule has 4 aliphatic rings. The molecule has 1 saturated heterocycles. The number of carbonyl (C=O) groups excluding carboxylic acids is 1. The van der Waals surface area contributed by atoms with E-state index in [1.165, 1.54) is 4.90 Å². The van der Waals surface area contributed by atoms with E-state index in [1.54, 1.807) is 13.3 Å². The van der Waals surface area contributed by atoms with E-state index in [4.69, 9.17) is 15.5 Å². The molecule has 2 aromatic heterocycles. The molecule has 3 heterocycles. The molecule has 13 heteroatoms. The minimum atomic E-state index is -9.88. The van der Waals surface area contributed by atoms with Gasteiger partial charge in [-0.15, -0.1) is 0 Å². The van der Waals surface area contributed by atoms with Crippen LogP contribution in [0.5, 0.6) is 0 Å². The molecule has 0 spiro atoms. The van der Waals surface area contributed by atoms with Crippen LogP contribution in [0.15, 0.2) is 35.4 Å². The Morgan fingerprint density at radius 3 is 2.41 bits per heavy atom. The Labute approximate surface area is 209 Å². The molecule has 3 aromatic rings. The maximum atomic E-state index is 13.1. The molecule has 1 aliphatic heterocycles. The van der Waals surface area contributed by atoms with Crippen molar-refractivity contribution in [3.63, 3.8) is 0 Å². The van der Waals surface area contributed by atoms with Crippen molar-refractivity contribution in [1.82, 2.24) is 19.9 Å². The van der Waals surface area contributed by atoms with E-state index in [9.17, 15) is 24.2 Å². The van der Waals surface area contributed by atoms with Gasteiger partial charge in [-0.3, -0.25) is 4.79 Å². The predicted molar refractivity (Wildman–Crippen MR) is 129 cm³/mol. The number of hydrogen-bond acceptors (Lipinski definition) is 5. The highest BCUT2D eigenvalue weighted by Crippen LogP contribution is 3.02. The summed E-state index contributed by atoms with van der Waals surface area (Å²) in [7, 11) is -8.14. The van der Waals surface area contributed by atoms with Crippen molar-refractivity contribution >= 4 is 33.0 Å². The van der Waals surface area contributed by atoms with Gasteiger partial charge in [0.15, 0.2) is 5.65 Å². The first-order valence-electron chi connectivity index (χ1n) is 12.0. The lowest BCUT2D eigenvalue weighted by Crippen LogP contribution is -2.70. The summed E-state index contributed by atoms with van der Waals surface area (Å²) in [6, 6.07) is 3.04. The highest BCUT2D eigenvalue weighted by atomic mass is 32.5. The Balaban J connectivity index is 1.17. The van der Waals surface area contributed by atoms with Crippen LogP contribution in [0.2, 0.25) is 0 Å². The second-order valence-electron chi connectivity index (χ2n) is 10.7. The van der Waals surface area contributed by atoms with Crippen LogP contribution in [-0.2, 0) is 10.2 Å². The van der Waals surface area contributed by atoms with E-state index in [-0.39, 0.29) is 34.6 Å². The van der Waals surface area contributed by atoms with E-state index >= 15 is 0 Å². The number of fused-ring (bicyclic) bond motifs is 1. The first-order valence-corrected chi connectivity index (χ1v) is 13.9. The van der Waals surface area contributed by atoms with Crippen molar-refractivity contribution in [2.24, 2.45) is 0 Å². The van der Waals surface area contributed by atoms with E-state index in [0.29, 0.717) is 31.6 Å². The minimum Gasteiger partial charge on any atom is -0.398 e. The predicted octanol–water partition coefficient (Wildman–Crippen LogP) is 6.04. The van der Waals surface area contributed by atoms with Gasteiger partial charge in [0.1, 0.15) is 10.7 Å². The number of likely N-dealkylation sites (tertiary alicyclic amines) is 1. The van der Waals surface area contributed by atoms with Crippen LogP contribution in [-0.4, -0.2) is 51.6 Å². The molecular formula is C24H26F5N5O2S. The Bertz CT molecular complexity index is 1430. The van der Waals surface area contributed by atoms with Gasteiger partial charge in [0, 0.05) is 37.5 Å². The van der Waals surface area contributed by atoms with E-state index < -0.39 is 26.7 Å². The van der Waals surface area contributed by atoms with Crippen LogP contribution in [0.4, 0.5) is 25.1 Å². The average molecular weight is 544 g/mol. The second-order valence-corrected chi connectivity index (χ2v) is 13.1. The molecule has 1 aromatic carbocycles. The van der Waals surface area contributed by atoms with Gasteiger partial charge in [-0.2, -0.15) is 0 Å². The Kier molecular flexibility index (Phi) is 4.57. The van der Waals surface area contributed by atoms with Gasteiger partial charge in [-0.05, 0) is 67.9 Å². The van der Waals surface area contributed by atoms with Gasteiger partial charge in [0.2, 0.25) is 0 Å². The molecule has 0 atom stereocenters. The van der Waals surface area contributed by atoms with Gasteiger partial charge in [0.25, 0.3) is 5.91 Å². The molecule has 2 bridgehead atoms. The minimum absolute atomic E-state index is 0.00666. The summed E-state index contributed by atoms with van der Waals surface area (Å²) in [5.74, 6) is 0.470. The third kappa shape index (κ3) is 3.85. The van der Waals surface area contributed by atoms with Crippen molar-refractivity contribution < 1.29 is 29.0 Å². The number of ether oxygens (including phenoxy) is 1. The standard InChI is InChI=1S/C24H26F5N5O2S/c1-36-24-11-23(12-24,13-24)22-32-19-16(4-7-31-20(19)33-22)14-5-8-34(9-6-14)21(35)17-3-2-15(10-18(17)30)37(25,26,27,28)29/h2-4,7,10,14H,5-6,8-9,11-13,30H2,1H3,(H,31,32,33). The number of nitrogens with two attached hydrogens (primary N) is 1. The fourth-order valence-electron chi connectivity index (χ4n) is 6.22. The zero-order chi connectivity index (χ0) is 26.5. The summed E-state index contributed by atoms with van der Waals surface area (Å²) in [5.41, 5.74) is 7.38. The normalized spacial score (nSPS) is 27.8. The molecule has 3 aliphatic carbocycles. The molecule has 7 nitrogen and oxygen atoms in total. The number of rotatable bonds is 5. The summed E-state index contributed by atoms with van der Waals surface area (Å²) >= 11 is 0. The van der Waals surface area contributed by atoms with E-state index in [1.807, 2.05) is 6.07 Å². The number of aromatic nitrogens is 3. The monoisotopic (exact) mass is 543 g/mol. The zero-order valence-electron chi connectivity index (χ0n) is 19.9. The maximum absolute atomic E-state index is 13.1. The second kappa shape index (κ2) is 6.93. The number of aromatic amines is 1. The Morgan fingerprint density at radius 2 is 1.81 bits per heavy atom. The van der Waals surface area contributed by atoms with Crippen LogP contribution in [0.3, 0.4) is 0 Å². The molecule has 7 rings (SSSR count). The lowest BCUT2D eigenvalue weighted by Gasteiger charge is -2.68. The van der Waals surface area contributed by atoms with Crippen LogP contribution in [0.1, 0.15) is 59.8 Å². The Morgan fingerprint density at radius 1 is 1.14 bits per heavy atom. The molecule has 0 unspecified atom stereocenters. The quantitative estimate of drug-likeness (QED) is 0.302. The number of hydrogen-bond donors (Lipinski definition) is 2. The maximum Gasteiger partial charge on any atom is 0.310 e. The lowest BCUT2D eigenvalue weighted by atomic mass is 9.41. The van der Waals surface area contributed by atoms with Gasteiger partial charge in [-0.25, -0.2) is 9.97 Å². The van der Waals surface area contributed by atoms with Crippen molar-refractivity contribution in [3.8, 4) is 0 Å². The highest BCUT2D eigenvalue weighted by molar-refractivity contribution is 8.45. The zero-order valence-corrected chi connectivity index (χ0v) is 20.8. The highest BCUT2D eigenvalue weighted by Gasteiger charge is 2.70. The first-order chi connectivity index (χ1) is 17.1. The summed E-state index contributed by atoms with van der Waals surface area (Å²) in [5, 5.41) is 0. The molecule has 200 valence electrons. The summed E-state index contributed by atoms with van der Waals surface area (Å²) < 4.78 is 71.0. The van der Waals surface area contributed by atoms with Crippen LogP contribution in [0, 0.1) is 0 Å². The Hall–Kier alpha value is -2.93. The fraction of sp³-hybridized carbons (Fsp3) is 0.458. The average Bonchev–Trinajstić information content (AvgIpc) is 3.20. The van der Waals surface area contributed by atoms with Crippen LogP contribution in [0.25, 0.3) is 11.2 Å². The topological polar surface area (TPSA) is 97.1 Å². The summed E-state index contributed by atoms with van der Waals surface area (Å²) in [6.45, 7) is 0.689. The van der Waals surface area contributed by atoms with Crippen molar-refractivity contribution in [3.05, 3.63) is 47.4 Å². The number of imidazole rings is 1. The summed E-state index contributed by atoms with van der Waals surface area (Å²) in [6.07, 6.45) is 5.77. The summed E-state index contributed by atoms with van der Waals surface area (Å²) in [4.78, 5) is 25.0. The number of nitrogen functional groups attached to an aromatic ring is 1. The van der Waals surface area contributed by atoms with Gasteiger partial charge >= 0.3 is 10.2 Å². The largest absolute Gasteiger partial charge is 0.398 e. The molecule has 37 heavy (non-hydrogen) atoms. The van der Waals surface area contributed by atoms with Crippen LogP contribution >= 0.6 is 10.2 Å². The number of nitrogens with one attached hydrogen (secondary N) is 1.